The third kappa shape index (κ3) is 10.2. The van der Waals surface area contributed by atoms with Gasteiger partial charge in [0.1, 0.15) is 0 Å². The molecule has 1 unspecified atom stereocenters. The molecule has 0 bridgehead atoms. The van der Waals surface area contributed by atoms with Crippen LogP contribution in [0.2, 0.25) is 0 Å². The van der Waals surface area contributed by atoms with E-state index in [4.69, 9.17) is 4.74 Å². The Kier molecular flexibility index (Phi) is 11.9. The third-order valence-electron chi connectivity index (χ3n) is 2.51. The Morgan fingerprint density at radius 1 is 1.00 bits per heavy atom. The van der Waals surface area contributed by atoms with Crippen molar-refractivity contribution in [1.29, 1.82) is 0 Å². The lowest BCUT2D eigenvalue weighted by molar-refractivity contribution is 0.108. The van der Waals surface area contributed by atoms with Crippen LogP contribution in [-0.2, 0) is 4.74 Å². The summed E-state index contributed by atoms with van der Waals surface area (Å²) in [4.78, 5) is 0. The molecule has 2 nitrogen and oxygen atoms in total. The highest BCUT2D eigenvalue weighted by atomic mass is 16.5. The summed E-state index contributed by atoms with van der Waals surface area (Å²) >= 11 is 0. The van der Waals surface area contributed by atoms with Gasteiger partial charge >= 0.3 is 0 Å². The molecule has 0 radical (unpaired) electrons. The molecule has 0 aromatic rings. The summed E-state index contributed by atoms with van der Waals surface area (Å²) in [5.41, 5.74) is 0. The average molecular weight is 215 g/mol. The minimum atomic E-state index is 0.572. The van der Waals surface area contributed by atoms with Crippen molar-refractivity contribution in [2.75, 3.05) is 19.8 Å². The van der Waals surface area contributed by atoms with Crippen molar-refractivity contribution in [1.82, 2.24) is 5.32 Å². The molecule has 0 aliphatic heterocycles. The van der Waals surface area contributed by atoms with Crippen LogP contribution in [0.25, 0.3) is 0 Å². The van der Waals surface area contributed by atoms with E-state index >= 15 is 0 Å². The molecule has 0 aliphatic rings. The first kappa shape index (κ1) is 14.9. The van der Waals surface area contributed by atoms with E-state index < -0.39 is 0 Å². The Bertz CT molecular complexity index is 107. The minimum absolute atomic E-state index is 0.572. The molecule has 0 heterocycles. The molecule has 0 spiro atoms. The summed E-state index contributed by atoms with van der Waals surface area (Å²) in [6, 6.07) is 0.572. The quantitative estimate of drug-likeness (QED) is 0.534. The molecule has 2 heteroatoms. The fourth-order valence-corrected chi connectivity index (χ4v) is 1.60. The average Bonchev–Trinajstić information content (AvgIpc) is 2.25. The highest BCUT2D eigenvalue weighted by Gasteiger charge is 2.06. The number of hydrogen-bond donors (Lipinski definition) is 1. The molecular weight excluding hydrogens is 186 g/mol. The van der Waals surface area contributed by atoms with Crippen molar-refractivity contribution in [2.45, 2.75) is 65.3 Å². The fourth-order valence-electron chi connectivity index (χ4n) is 1.60. The molecule has 0 rings (SSSR count). The van der Waals surface area contributed by atoms with Crippen LogP contribution in [0, 0.1) is 0 Å². The molecular formula is C13H29NO. The highest BCUT2D eigenvalue weighted by molar-refractivity contribution is 4.65. The van der Waals surface area contributed by atoms with Gasteiger partial charge in [-0.05, 0) is 25.8 Å². The second-order valence-corrected chi connectivity index (χ2v) is 4.22. The van der Waals surface area contributed by atoms with Gasteiger partial charge in [0.05, 0.1) is 6.61 Å². The molecule has 1 atom stereocenters. The van der Waals surface area contributed by atoms with Crippen molar-refractivity contribution in [3.05, 3.63) is 0 Å². The number of hydrogen-bond acceptors (Lipinski definition) is 2. The summed E-state index contributed by atoms with van der Waals surface area (Å²) in [7, 11) is 0. The van der Waals surface area contributed by atoms with Gasteiger partial charge in [0.15, 0.2) is 0 Å². The van der Waals surface area contributed by atoms with Crippen LogP contribution in [0.4, 0.5) is 0 Å². The lowest BCUT2D eigenvalue weighted by Crippen LogP contribution is -2.34. The lowest BCUT2D eigenvalue weighted by Gasteiger charge is -2.18. The normalized spacial score (nSPS) is 13.0. The molecule has 0 aromatic heterocycles. The maximum atomic E-state index is 5.61. The van der Waals surface area contributed by atoms with Crippen molar-refractivity contribution in [2.24, 2.45) is 0 Å². The van der Waals surface area contributed by atoms with E-state index in [0.717, 1.165) is 26.2 Å². The minimum Gasteiger partial charge on any atom is -0.380 e. The van der Waals surface area contributed by atoms with Crippen LogP contribution in [-0.4, -0.2) is 25.8 Å². The SMILES string of the molecule is CCCCCC(COCCC)NCCC. The summed E-state index contributed by atoms with van der Waals surface area (Å²) in [5, 5.41) is 3.56. The highest BCUT2D eigenvalue weighted by Crippen LogP contribution is 2.04. The van der Waals surface area contributed by atoms with Crippen molar-refractivity contribution >= 4 is 0 Å². The fraction of sp³-hybridized carbons (Fsp3) is 1.00. The lowest BCUT2D eigenvalue weighted by atomic mass is 10.1. The van der Waals surface area contributed by atoms with Gasteiger partial charge < -0.3 is 10.1 Å². The molecule has 0 fully saturated rings. The number of ether oxygens (including phenoxy) is 1. The zero-order valence-electron chi connectivity index (χ0n) is 10.8. The van der Waals surface area contributed by atoms with Crippen LogP contribution < -0.4 is 5.32 Å². The van der Waals surface area contributed by atoms with Crippen molar-refractivity contribution in [3.63, 3.8) is 0 Å². The second-order valence-electron chi connectivity index (χ2n) is 4.22. The van der Waals surface area contributed by atoms with Gasteiger partial charge in [-0.25, -0.2) is 0 Å². The van der Waals surface area contributed by atoms with Gasteiger partial charge in [-0.3, -0.25) is 0 Å². The predicted octanol–water partition coefficient (Wildman–Crippen LogP) is 3.36. The van der Waals surface area contributed by atoms with Crippen LogP contribution in [0.1, 0.15) is 59.3 Å². The summed E-state index contributed by atoms with van der Waals surface area (Å²) in [6.07, 6.45) is 7.56. The van der Waals surface area contributed by atoms with E-state index in [1.807, 2.05) is 0 Å². The maximum absolute atomic E-state index is 5.61. The summed E-state index contributed by atoms with van der Waals surface area (Å²) < 4.78 is 5.61. The monoisotopic (exact) mass is 215 g/mol. The second kappa shape index (κ2) is 12.0. The van der Waals surface area contributed by atoms with E-state index in [1.165, 1.54) is 32.1 Å². The molecule has 15 heavy (non-hydrogen) atoms. The van der Waals surface area contributed by atoms with Crippen LogP contribution in [0.15, 0.2) is 0 Å². The van der Waals surface area contributed by atoms with E-state index in [0.29, 0.717) is 6.04 Å². The van der Waals surface area contributed by atoms with E-state index in [9.17, 15) is 0 Å². The number of nitrogens with one attached hydrogen (secondary N) is 1. The van der Waals surface area contributed by atoms with E-state index in [2.05, 4.69) is 26.1 Å². The molecule has 0 aromatic carbocycles. The van der Waals surface area contributed by atoms with E-state index in [1.54, 1.807) is 0 Å². The van der Waals surface area contributed by atoms with Crippen molar-refractivity contribution in [3.8, 4) is 0 Å². The molecule has 92 valence electrons. The van der Waals surface area contributed by atoms with Gasteiger partial charge in [0.2, 0.25) is 0 Å². The van der Waals surface area contributed by atoms with E-state index in [-0.39, 0.29) is 0 Å². The zero-order valence-corrected chi connectivity index (χ0v) is 10.8. The smallest absolute Gasteiger partial charge is 0.0619 e. The first-order valence-corrected chi connectivity index (χ1v) is 6.66. The van der Waals surface area contributed by atoms with Gasteiger partial charge in [-0.1, -0.05) is 40.0 Å². The molecule has 0 saturated heterocycles. The van der Waals surface area contributed by atoms with Gasteiger partial charge in [-0.15, -0.1) is 0 Å². The standard InChI is InChI=1S/C13H29NO/c1-4-7-8-9-13(14-10-5-2)12-15-11-6-3/h13-14H,4-12H2,1-3H3. The topological polar surface area (TPSA) is 21.3 Å². The molecule has 1 N–H and O–H groups in total. The van der Waals surface area contributed by atoms with Crippen molar-refractivity contribution < 1.29 is 4.74 Å². The van der Waals surface area contributed by atoms with Crippen LogP contribution >= 0.6 is 0 Å². The number of rotatable bonds is 11. The zero-order chi connectivity index (χ0) is 11.4. The number of unbranched alkanes of at least 4 members (excludes halogenated alkanes) is 2. The maximum Gasteiger partial charge on any atom is 0.0619 e. The van der Waals surface area contributed by atoms with Gasteiger partial charge in [-0.2, -0.15) is 0 Å². The first-order valence-electron chi connectivity index (χ1n) is 6.66. The molecule has 0 amide bonds. The largest absolute Gasteiger partial charge is 0.380 e. The van der Waals surface area contributed by atoms with Crippen LogP contribution in [0.5, 0.6) is 0 Å². The predicted molar refractivity (Wildman–Crippen MR) is 67.3 cm³/mol. The Labute approximate surface area is 95.8 Å². The Hall–Kier alpha value is -0.0800. The molecule has 0 aliphatic carbocycles. The summed E-state index contributed by atoms with van der Waals surface area (Å²) in [6.45, 7) is 9.53. The third-order valence-corrected chi connectivity index (χ3v) is 2.51. The Morgan fingerprint density at radius 3 is 2.40 bits per heavy atom. The van der Waals surface area contributed by atoms with Crippen LogP contribution in [0.3, 0.4) is 0 Å². The summed E-state index contributed by atoms with van der Waals surface area (Å²) in [5.74, 6) is 0. The Morgan fingerprint density at radius 2 is 1.80 bits per heavy atom. The van der Waals surface area contributed by atoms with Gasteiger partial charge in [0, 0.05) is 12.6 Å². The molecule has 0 saturated carbocycles. The van der Waals surface area contributed by atoms with Gasteiger partial charge in [0.25, 0.3) is 0 Å². The first-order chi connectivity index (χ1) is 7.35. The Balaban J connectivity index is 3.53.